The van der Waals surface area contributed by atoms with Crippen LogP contribution in [0.2, 0.25) is 0 Å². The molecule has 2 aromatic heterocycles. The van der Waals surface area contributed by atoms with E-state index in [1.54, 1.807) is 17.4 Å². The van der Waals surface area contributed by atoms with Crippen molar-refractivity contribution in [3.8, 4) is 10.6 Å². The third kappa shape index (κ3) is 3.69. The van der Waals surface area contributed by atoms with Crippen LogP contribution in [0.1, 0.15) is 11.1 Å². The van der Waals surface area contributed by atoms with E-state index in [4.69, 9.17) is 0 Å². The van der Waals surface area contributed by atoms with Crippen molar-refractivity contribution < 1.29 is 4.79 Å². The maximum Gasteiger partial charge on any atom is 0.250 e. The summed E-state index contributed by atoms with van der Waals surface area (Å²) < 4.78 is 0. The molecule has 3 nitrogen and oxygen atoms in total. The zero-order chi connectivity index (χ0) is 15.4. The molecule has 3 rings (SSSR count). The SMILES string of the molecule is Cc1ccc(/C=C/C(=O)Nc2nc(-c3cccs3)cs2)cc1. The van der Waals surface area contributed by atoms with Gasteiger partial charge < -0.3 is 0 Å². The summed E-state index contributed by atoms with van der Waals surface area (Å²) in [5.74, 6) is -0.173. The number of amides is 1. The number of nitrogens with one attached hydrogen (secondary N) is 1. The lowest BCUT2D eigenvalue weighted by molar-refractivity contribution is -0.111. The standard InChI is InChI=1S/C17H14N2OS2/c1-12-4-6-13(7-5-12)8-9-16(20)19-17-18-14(11-22-17)15-3-2-10-21-15/h2-11H,1H3,(H,18,19,20)/b9-8+. The van der Waals surface area contributed by atoms with Gasteiger partial charge in [-0.1, -0.05) is 35.9 Å². The molecule has 0 saturated carbocycles. The number of aryl methyl sites for hydroxylation is 1. The van der Waals surface area contributed by atoms with Gasteiger partial charge in [0, 0.05) is 11.5 Å². The Hall–Kier alpha value is -2.24. The number of anilines is 1. The molecule has 0 fully saturated rings. The third-order valence-corrected chi connectivity index (χ3v) is 4.66. The Morgan fingerprint density at radius 2 is 2.00 bits per heavy atom. The number of nitrogens with zero attached hydrogens (tertiary/aromatic N) is 1. The van der Waals surface area contributed by atoms with Crippen molar-refractivity contribution in [3.05, 3.63) is 64.4 Å². The topological polar surface area (TPSA) is 42.0 Å². The summed E-state index contributed by atoms with van der Waals surface area (Å²) in [5.41, 5.74) is 3.10. The van der Waals surface area contributed by atoms with E-state index in [1.165, 1.54) is 23.0 Å². The van der Waals surface area contributed by atoms with Crippen LogP contribution < -0.4 is 5.32 Å². The Morgan fingerprint density at radius 1 is 1.18 bits per heavy atom. The first-order valence-electron chi connectivity index (χ1n) is 6.76. The van der Waals surface area contributed by atoms with Gasteiger partial charge in [-0.2, -0.15) is 0 Å². The third-order valence-electron chi connectivity index (χ3n) is 3.01. The summed E-state index contributed by atoms with van der Waals surface area (Å²) in [6.45, 7) is 2.04. The summed E-state index contributed by atoms with van der Waals surface area (Å²) in [4.78, 5) is 17.4. The molecule has 0 atom stereocenters. The van der Waals surface area contributed by atoms with E-state index in [9.17, 15) is 4.79 Å². The molecule has 5 heteroatoms. The highest BCUT2D eigenvalue weighted by Gasteiger charge is 2.06. The lowest BCUT2D eigenvalue weighted by Gasteiger charge is -1.97. The summed E-state index contributed by atoms with van der Waals surface area (Å²) >= 11 is 3.06. The lowest BCUT2D eigenvalue weighted by atomic mass is 10.1. The molecule has 0 unspecified atom stereocenters. The van der Waals surface area contributed by atoms with Crippen LogP contribution in [0.25, 0.3) is 16.6 Å². The lowest BCUT2D eigenvalue weighted by Crippen LogP contribution is -2.07. The smallest absolute Gasteiger partial charge is 0.250 e. The number of rotatable bonds is 4. The molecule has 2 heterocycles. The highest BCUT2D eigenvalue weighted by atomic mass is 32.1. The summed E-state index contributed by atoms with van der Waals surface area (Å²) in [5, 5.41) is 7.37. The zero-order valence-electron chi connectivity index (χ0n) is 11.9. The second kappa shape index (κ2) is 6.68. The molecule has 0 aliphatic carbocycles. The molecule has 0 bridgehead atoms. The molecule has 0 radical (unpaired) electrons. The molecule has 1 N–H and O–H groups in total. The van der Waals surface area contributed by atoms with Gasteiger partial charge in [-0.3, -0.25) is 10.1 Å². The van der Waals surface area contributed by atoms with Gasteiger partial charge in [0.2, 0.25) is 5.91 Å². The van der Waals surface area contributed by atoms with E-state index in [2.05, 4.69) is 10.3 Å². The summed E-state index contributed by atoms with van der Waals surface area (Å²) in [6.07, 6.45) is 3.32. The molecule has 110 valence electrons. The largest absolute Gasteiger partial charge is 0.298 e. The van der Waals surface area contributed by atoms with Crippen molar-refractivity contribution >= 4 is 39.8 Å². The average Bonchev–Trinajstić information content (AvgIpc) is 3.17. The first kappa shape index (κ1) is 14.7. The van der Waals surface area contributed by atoms with Crippen LogP contribution in [0.5, 0.6) is 0 Å². The molecular formula is C17H14N2OS2. The summed E-state index contributed by atoms with van der Waals surface area (Å²) in [6, 6.07) is 12.0. The van der Waals surface area contributed by atoms with Gasteiger partial charge in [0.1, 0.15) is 0 Å². The van der Waals surface area contributed by atoms with Gasteiger partial charge in [0.25, 0.3) is 0 Å². The summed E-state index contributed by atoms with van der Waals surface area (Å²) in [7, 11) is 0. The first-order chi connectivity index (χ1) is 10.7. The molecule has 0 spiro atoms. The van der Waals surface area contributed by atoms with Crippen molar-refractivity contribution in [2.75, 3.05) is 5.32 Å². The van der Waals surface area contributed by atoms with E-state index < -0.39 is 0 Å². The number of hydrogen-bond donors (Lipinski definition) is 1. The van der Waals surface area contributed by atoms with E-state index in [0.29, 0.717) is 5.13 Å². The quantitative estimate of drug-likeness (QED) is 0.698. The van der Waals surface area contributed by atoms with Crippen LogP contribution in [-0.4, -0.2) is 10.9 Å². The van der Waals surface area contributed by atoms with Crippen molar-refractivity contribution in [3.63, 3.8) is 0 Å². The van der Waals surface area contributed by atoms with Crippen LogP contribution in [0.15, 0.2) is 53.2 Å². The van der Waals surface area contributed by atoms with Gasteiger partial charge in [-0.05, 0) is 30.0 Å². The zero-order valence-corrected chi connectivity index (χ0v) is 13.6. The van der Waals surface area contributed by atoms with Crippen molar-refractivity contribution in [2.45, 2.75) is 6.92 Å². The molecule has 0 aliphatic rings. The van der Waals surface area contributed by atoms with Crippen LogP contribution in [0, 0.1) is 6.92 Å². The van der Waals surface area contributed by atoms with Gasteiger partial charge in [0.15, 0.2) is 5.13 Å². The molecule has 22 heavy (non-hydrogen) atoms. The van der Waals surface area contributed by atoms with Crippen LogP contribution in [-0.2, 0) is 4.79 Å². The Labute approximate surface area is 137 Å². The Morgan fingerprint density at radius 3 is 2.73 bits per heavy atom. The van der Waals surface area contributed by atoms with Crippen LogP contribution >= 0.6 is 22.7 Å². The molecule has 3 aromatic rings. The molecule has 1 aromatic carbocycles. The van der Waals surface area contributed by atoms with Crippen molar-refractivity contribution in [2.24, 2.45) is 0 Å². The normalized spacial score (nSPS) is 11.0. The predicted molar refractivity (Wildman–Crippen MR) is 94.3 cm³/mol. The molecule has 0 aliphatic heterocycles. The number of thiazole rings is 1. The number of thiophene rings is 1. The second-order valence-corrected chi connectivity index (χ2v) is 6.55. The number of hydrogen-bond acceptors (Lipinski definition) is 4. The molecule has 0 saturated heterocycles. The molecular weight excluding hydrogens is 312 g/mol. The minimum Gasteiger partial charge on any atom is -0.298 e. The minimum absolute atomic E-state index is 0.173. The van der Waals surface area contributed by atoms with E-state index in [-0.39, 0.29) is 5.91 Å². The van der Waals surface area contributed by atoms with Crippen molar-refractivity contribution in [1.82, 2.24) is 4.98 Å². The average molecular weight is 326 g/mol. The van der Waals surface area contributed by atoms with Gasteiger partial charge in [-0.15, -0.1) is 22.7 Å². The van der Waals surface area contributed by atoms with Gasteiger partial charge in [-0.25, -0.2) is 4.98 Å². The Bertz CT molecular complexity index is 786. The van der Waals surface area contributed by atoms with E-state index in [1.807, 2.05) is 54.1 Å². The highest BCUT2D eigenvalue weighted by molar-refractivity contribution is 7.16. The fraction of sp³-hybridized carbons (Fsp3) is 0.0588. The van der Waals surface area contributed by atoms with Crippen LogP contribution in [0.3, 0.4) is 0 Å². The highest BCUT2D eigenvalue weighted by Crippen LogP contribution is 2.28. The Kier molecular flexibility index (Phi) is 4.46. The monoisotopic (exact) mass is 326 g/mol. The van der Waals surface area contributed by atoms with Crippen molar-refractivity contribution in [1.29, 1.82) is 0 Å². The maximum atomic E-state index is 11.9. The Balaban J connectivity index is 1.63. The van der Waals surface area contributed by atoms with Crippen LogP contribution in [0.4, 0.5) is 5.13 Å². The van der Waals surface area contributed by atoms with Gasteiger partial charge in [0.05, 0.1) is 10.6 Å². The predicted octanol–water partition coefficient (Wildman–Crippen LogP) is 4.83. The number of benzene rings is 1. The number of aromatic nitrogens is 1. The number of carbonyl (C=O) groups is 1. The second-order valence-electron chi connectivity index (χ2n) is 4.75. The number of carbonyl (C=O) groups excluding carboxylic acids is 1. The maximum absolute atomic E-state index is 11.9. The first-order valence-corrected chi connectivity index (χ1v) is 8.52. The van der Waals surface area contributed by atoms with E-state index in [0.717, 1.165) is 16.1 Å². The van der Waals surface area contributed by atoms with Gasteiger partial charge >= 0.3 is 0 Å². The fourth-order valence-electron chi connectivity index (χ4n) is 1.87. The minimum atomic E-state index is -0.173. The van der Waals surface area contributed by atoms with E-state index >= 15 is 0 Å². The fourth-order valence-corrected chi connectivity index (χ4v) is 3.34. The molecule has 1 amide bonds.